The third-order valence-electron chi connectivity index (χ3n) is 11.9. The fraction of sp³-hybridized carbons (Fsp3) is 0.568. The van der Waals surface area contributed by atoms with Crippen LogP contribution in [0.15, 0.2) is 48.6 Å². The average molecular weight is 732 g/mol. The summed E-state index contributed by atoms with van der Waals surface area (Å²) in [5.41, 5.74) is 1.10. The summed E-state index contributed by atoms with van der Waals surface area (Å²) in [4.78, 5) is 30.0. The summed E-state index contributed by atoms with van der Waals surface area (Å²) in [6, 6.07) is 10.9. The molecule has 13 heteroatoms. The van der Waals surface area contributed by atoms with Crippen LogP contribution in [-0.4, -0.2) is 79.8 Å². The minimum absolute atomic E-state index is 0.0753. The molecule has 2 aromatic rings. The Morgan fingerprint density at radius 2 is 1.90 bits per heavy atom. The number of rotatable bonds is 2. The molecular weight excluding hydrogens is 688 g/mol. The number of aliphatic hydroxyl groups is 1. The van der Waals surface area contributed by atoms with Crippen LogP contribution >= 0.6 is 11.6 Å². The second-order valence-corrected chi connectivity index (χ2v) is 17.8. The number of anilines is 1. The molecule has 270 valence electrons. The van der Waals surface area contributed by atoms with E-state index in [1.165, 1.54) is 6.92 Å². The molecule has 1 saturated carbocycles. The van der Waals surface area contributed by atoms with E-state index in [4.69, 9.17) is 16.3 Å². The number of likely N-dealkylation sites (tertiary alicyclic amines) is 1. The number of carbonyl (C=O) groups is 2. The van der Waals surface area contributed by atoms with Crippen molar-refractivity contribution >= 4 is 39.1 Å². The Morgan fingerprint density at radius 3 is 2.62 bits per heavy atom. The van der Waals surface area contributed by atoms with E-state index in [1.807, 2.05) is 12.1 Å². The van der Waals surface area contributed by atoms with Crippen LogP contribution in [0.4, 0.5) is 14.5 Å². The van der Waals surface area contributed by atoms with Gasteiger partial charge in [-0.15, -0.1) is 0 Å². The lowest BCUT2D eigenvalue weighted by Crippen LogP contribution is -2.60. The smallest absolute Gasteiger partial charge is 0.282 e. The van der Waals surface area contributed by atoms with Crippen molar-refractivity contribution in [3.05, 3.63) is 70.3 Å². The Labute approximate surface area is 297 Å². The molecular formula is C37H44ClF2N3O6S. The maximum absolute atomic E-state index is 13.7. The van der Waals surface area contributed by atoms with Crippen molar-refractivity contribution in [2.45, 2.75) is 81.0 Å². The molecule has 5 aliphatic rings. The number of allylic oxidation sites excluding steroid dienone is 1. The second-order valence-electron chi connectivity index (χ2n) is 15.3. The predicted octanol–water partition coefficient (Wildman–Crippen LogP) is 5.48. The molecule has 1 saturated heterocycles. The van der Waals surface area contributed by atoms with Gasteiger partial charge in [0.1, 0.15) is 5.75 Å². The van der Waals surface area contributed by atoms with Gasteiger partial charge in [0.15, 0.2) is 0 Å². The number of sulfonamides is 1. The van der Waals surface area contributed by atoms with Crippen molar-refractivity contribution in [2.24, 2.45) is 17.8 Å². The van der Waals surface area contributed by atoms with Crippen LogP contribution in [0.5, 0.6) is 5.75 Å². The number of nitrogens with one attached hydrogen (secondary N) is 1. The number of alkyl halides is 2. The molecule has 50 heavy (non-hydrogen) atoms. The van der Waals surface area contributed by atoms with Gasteiger partial charge in [-0.05, 0) is 105 Å². The number of amides is 2. The summed E-state index contributed by atoms with van der Waals surface area (Å²) >= 11 is 6.41. The molecule has 9 nitrogen and oxygen atoms in total. The highest BCUT2D eigenvalue weighted by molar-refractivity contribution is 7.90. The average Bonchev–Trinajstić information content (AvgIpc) is 3.17. The summed E-state index contributed by atoms with van der Waals surface area (Å²) in [6.45, 7) is 3.32. The Balaban J connectivity index is 1.29. The zero-order chi connectivity index (χ0) is 35.6. The summed E-state index contributed by atoms with van der Waals surface area (Å²) in [6.07, 6.45) is 7.25. The minimum Gasteiger partial charge on any atom is -0.490 e. The Hall–Kier alpha value is -3.22. The number of carbonyl (C=O) groups excluding carboxylic acids is 2. The van der Waals surface area contributed by atoms with Crippen molar-refractivity contribution in [1.29, 1.82) is 0 Å². The summed E-state index contributed by atoms with van der Waals surface area (Å²) in [7, 11) is -4.09. The van der Waals surface area contributed by atoms with Crippen molar-refractivity contribution < 1.29 is 36.6 Å². The van der Waals surface area contributed by atoms with E-state index < -0.39 is 63.0 Å². The van der Waals surface area contributed by atoms with Gasteiger partial charge in [0.25, 0.3) is 11.8 Å². The monoisotopic (exact) mass is 731 g/mol. The van der Waals surface area contributed by atoms with Crippen molar-refractivity contribution in [3.8, 4) is 5.75 Å². The van der Waals surface area contributed by atoms with Crippen LogP contribution in [0.3, 0.4) is 0 Å². The van der Waals surface area contributed by atoms with Crippen LogP contribution < -0.4 is 14.4 Å². The van der Waals surface area contributed by atoms with Gasteiger partial charge < -0.3 is 19.6 Å². The quantitative estimate of drug-likeness (QED) is 0.393. The zero-order valence-electron chi connectivity index (χ0n) is 28.3. The normalized spacial score (nSPS) is 33.8. The first-order chi connectivity index (χ1) is 23.6. The third kappa shape index (κ3) is 6.51. The van der Waals surface area contributed by atoms with E-state index >= 15 is 0 Å². The molecule has 0 aromatic heterocycles. The number of nitrogens with zero attached hydrogens (tertiary/aromatic N) is 2. The third-order valence-corrected chi connectivity index (χ3v) is 14.0. The SMILES string of the molecule is C[C@@H]1[C@@H](C)C/C=C\[C@@](O)(CC(=O)N2CC(F)(F)C2)[C@@H]2CC[C@H]2CN2C[C@@]3(CCCc4cc(Cl)ccc43)COc3ccc(cc32)C(=O)NS1(=O)=O. The molecule has 2 aromatic carbocycles. The predicted molar refractivity (Wildman–Crippen MR) is 186 cm³/mol. The largest absolute Gasteiger partial charge is 0.490 e. The topological polar surface area (TPSA) is 116 Å². The summed E-state index contributed by atoms with van der Waals surface area (Å²) in [5, 5.41) is 12.0. The highest BCUT2D eigenvalue weighted by Gasteiger charge is 2.52. The van der Waals surface area contributed by atoms with Crippen molar-refractivity contribution in [3.63, 3.8) is 0 Å². The lowest BCUT2D eigenvalue weighted by atomic mass is 9.63. The maximum atomic E-state index is 13.7. The van der Waals surface area contributed by atoms with Crippen LogP contribution in [0, 0.1) is 17.8 Å². The van der Waals surface area contributed by atoms with Gasteiger partial charge in [-0.1, -0.05) is 36.7 Å². The highest BCUT2D eigenvalue weighted by Crippen LogP contribution is 2.49. The van der Waals surface area contributed by atoms with Gasteiger partial charge in [0, 0.05) is 29.1 Å². The van der Waals surface area contributed by atoms with E-state index in [2.05, 4.69) is 15.7 Å². The van der Waals surface area contributed by atoms with Crippen LogP contribution in [-0.2, 0) is 26.7 Å². The first kappa shape index (κ1) is 35.2. The fourth-order valence-corrected chi connectivity index (χ4v) is 10.1. The van der Waals surface area contributed by atoms with Crippen LogP contribution in [0.1, 0.15) is 73.9 Å². The molecule has 2 amide bonds. The first-order valence-corrected chi connectivity index (χ1v) is 19.4. The molecule has 6 atom stereocenters. The molecule has 3 aliphatic heterocycles. The number of ether oxygens (including phenoxy) is 1. The van der Waals surface area contributed by atoms with Gasteiger partial charge in [0.05, 0.1) is 42.7 Å². The fourth-order valence-electron chi connectivity index (χ4n) is 8.61. The van der Waals surface area contributed by atoms with Crippen molar-refractivity contribution in [1.82, 2.24) is 9.62 Å². The van der Waals surface area contributed by atoms with Gasteiger partial charge in [-0.2, -0.15) is 0 Å². The van der Waals surface area contributed by atoms with Gasteiger partial charge >= 0.3 is 0 Å². The minimum atomic E-state index is -4.09. The van der Waals surface area contributed by atoms with E-state index in [1.54, 1.807) is 37.3 Å². The molecule has 2 N–H and O–H groups in total. The second kappa shape index (κ2) is 12.8. The Bertz CT molecular complexity index is 1830. The Kier molecular flexibility index (Phi) is 8.99. The van der Waals surface area contributed by atoms with E-state index in [0.29, 0.717) is 42.6 Å². The lowest BCUT2D eigenvalue weighted by Gasteiger charge is -2.50. The van der Waals surface area contributed by atoms with E-state index in [9.17, 15) is 31.9 Å². The molecule has 0 unspecified atom stereocenters. The Morgan fingerprint density at radius 1 is 1.12 bits per heavy atom. The summed E-state index contributed by atoms with van der Waals surface area (Å²) in [5.74, 6) is -4.52. The number of hydrogen-bond acceptors (Lipinski definition) is 7. The van der Waals surface area contributed by atoms with E-state index in [0.717, 1.165) is 41.7 Å². The molecule has 2 aliphatic carbocycles. The molecule has 1 spiro atoms. The van der Waals surface area contributed by atoms with Gasteiger partial charge in [0.2, 0.25) is 15.9 Å². The van der Waals surface area contributed by atoms with Crippen molar-refractivity contribution in [2.75, 3.05) is 37.7 Å². The van der Waals surface area contributed by atoms with Crippen LogP contribution in [0.25, 0.3) is 0 Å². The highest BCUT2D eigenvalue weighted by atomic mass is 35.5. The van der Waals surface area contributed by atoms with Crippen LogP contribution in [0.2, 0.25) is 5.02 Å². The lowest BCUT2D eigenvalue weighted by molar-refractivity contribution is -0.171. The van der Waals surface area contributed by atoms with E-state index in [-0.39, 0.29) is 30.2 Å². The molecule has 7 rings (SSSR count). The number of halogens is 3. The standard InChI is InChI=1S/C37H44ClF2N3O6S/c1-23-5-3-14-36(46,17-33(44)43-20-37(39,40)21-43)30-10-7-27(30)18-42-19-35(13-4-6-25-15-28(38)9-11-29(25)35)22-49-32-12-8-26(16-31(32)42)34(45)41-50(47,48)24(23)2/h3,8-9,11-12,14-16,23-24,27,30,46H,4-7,10,13,17-22H2,1-2H3,(H,41,45)/b14-3-/t23-,24+,27-,30+,35-,36+/m0/s1. The number of aryl methyl sites for hydroxylation is 1. The zero-order valence-corrected chi connectivity index (χ0v) is 29.9. The molecule has 3 heterocycles. The number of hydrogen-bond donors (Lipinski definition) is 2. The van der Waals surface area contributed by atoms with Gasteiger partial charge in [-0.25, -0.2) is 21.9 Å². The number of benzene rings is 2. The molecule has 2 bridgehead atoms. The summed E-state index contributed by atoms with van der Waals surface area (Å²) < 4.78 is 63.0. The maximum Gasteiger partial charge on any atom is 0.282 e. The number of fused-ring (bicyclic) bond motifs is 4. The van der Waals surface area contributed by atoms with Gasteiger partial charge in [-0.3, -0.25) is 9.59 Å². The molecule has 2 fully saturated rings. The molecule has 0 radical (unpaired) electrons. The first-order valence-electron chi connectivity index (χ1n) is 17.5.